The van der Waals surface area contributed by atoms with Crippen molar-refractivity contribution in [3.05, 3.63) is 33.8 Å². The highest BCUT2D eigenvalue weighted by Gasteiger charge is 2.23. The van der Waals surface area contributed by atoms with Gasteiger partial charge in [-0.25, -0.2) is 4.79 Å². The van der Waals surface area contributed by atoms with Gasteiger partial charge in [-0.1, -0.05) is 15.9 Å². The van der Waals surface area contributed by atoms with E-state index in [1.165, 1.54) is 13.2 Å². The topological polar surface area (TPSA) is 75.7 Å². The summed E-state index contributed by atoms with van der Waals surface area (Å²) in [5.41, 5.74) is 0.661. The van der Waals surface area contributed by atoms with Crippen LogP contribution in [0.2, 0.25) is 0 Å². The van der Waals surface area contributed by atoms with Crippen molar-refractivity contribution in [2.45, 2.75) is 25.8 Å². The Morgan fingerprint density at radius 3 is 2.65 bits per heavy atom. The van der Waals surface area contributed by atoms with Crippen LogP contribution in [0, 0.1) is 0 Å². The van der Waals surface area contributed by atoms with E-state index in [0.717, 1.165) is 13.0 Å². The minimum absolute atomic E-state index is 0.126. The zero-order valence-corrected chi connectivity index (χ0v) is 14.7. The van der Waals surface area contributed by atoms with E-state index < -0.39 is 5.97 Å². The van der Waals surface area contributed by atoms with Crippen LogP contribution in [-0.4, -0.2) is 48.9 Å². The zero-order valence-electron chi connectivity index (χ0n) is 13.1. The van der Waals surface area contributed by atoms with Gasteiger partial charge in [0.05, 0.1) is 12.7 Å². The molecule has 1 atom stereocenters. The van der Waals surface area contributed by atoms with Crippen molar-refractivity contribution in [1.29, 1.82) is 0 Å². The number of ether oxygens (including phenoxy) is 1. The van der Waals surface area contributed by atoms with Crippen LogP contribution < -0.4 is 5.32 Å². The lowest BCUT2D eigenvalue weighted by atomic mass is 10.1. The Labute approximate surface area is 143 Å². The number of amides is 2. The van der Waals surface area contributed by atoms with Crippen LogP contribution in [0.25, 0.3) is 0 Å². The normalized spacial score (nSPS) is 15.4. The van der Waals surface area contributed by atoms with Gasteiger partial charge >= 0.3 is 5.97 Å². The number of carbonyl (C=O) groups is 3. The van der Waals surface area contributed by atoms with Gasteiger partial charge in [-0.3, -0.25) is 9.59 Å². The second-order valence-electron chi connectivity index (χ2n) is 5.54. The summed E-state index contributed by atoms with van der Waals surface area (Å²) in [6, 6.07) is 4.54. The zero-order chi connectivity index (χ0) is 17.0. The van der Waals surface area contributed by atoms with E-state index in [4.69, 9.17) is 0 Å². The van der Waals surface area contributed by atoms with E-state index >= 15 is 0 Å². The van der Waals surface area contributed by atoms with Crippen LogP contribution in [0.3, 0.4) is 0 Å². The Morgan fingerprint density at radius 1 is 1.35 bits per heavy atom. The summed E-state index contributed by atoms with van der Waals surface area (Å²) in [4.78, 5) is 37.3. The molecule has 0 unspecified atom stereocenters. The lowest BCUT2D eigenvalue weighted by Gasteiger charge is -2.21. The van der Waals surface area contributed by atoms with Gasteiger partial charge in [0.25, 0.3) is 5.91 Å². The maximum absolute atomic E-state index is 12.3. The number of benzene rings is 1. The van der Waals surface area contributed by atoms with Crippen molar-refractivity contribution in [2.24, 2.45) is 0 Å². The molecule has 23 heavy (non-hydrogen) atoms. The summed E-state index contributed by atoms with van der Waals surface area (Å²) in [5, 5.41) is 2.85. The minimum atomic E-state index is -0.504. The molecule has 1 fully saturated rings. The summed E-state index contributed by atoms with van der Waals surface area (Å²) < 4.78 is 5.29. The van der Waals surface area contributed by atoms with Crippen LogP contribution in [0.4, 0.5) is 0 Å². The maximum atomic E-state index is 12.3. The number of hydrogen-bond acceptors (Lipinski definition) is 4. The van der Waals surface area contributed by atoms with Gasteiger partial charge in [-0.2, -0.15) is 0 Å². The van der Waals surface area contributed by atoms with Crippen molar-refractivity contribution in [3.63, 3.8) is 0 Å². The average Bonchev–Trinajstić information content (AvgIpc) is 2.90. The van der Waals surface area contributed by atoms with E-state index in [1.54, 1.807) is 17.0 Å². The highest BCUT2D eigenvalue weighted by molar-refractivity contribution is 9.10. The molecule has 1 heterocycles. The quantitative estimate of drug-likeness (QED) is 0.789. The van der Waals surface area contributed by atoms with Crippen LogP contribution in [0.15, 0.2) is 22.7 Å². The van der Waals surface area contributed by atoms with Gasteiger partial charge in [0.1, 0.15) is 0 Å². The molecule has 6 nitrogen and oxygen atoms in total. The number of nitrogens with zero attached hydrogens (tertiary/aromatic N) is 1. The number of carbonyl (C=O) groups excluding carboxylic acids is 3. The average molecular weight is 383 g/mol. The standard InChI is InChI=1S/C16H19BrN2O4/c1-10(9-19-5-3-4-14(19)20)18-15(21)11-6-12(16(22)23-2)8-13(17)7-11/h6-8,10H,3-5,9H2,1-2H3,(H,18,21)/t10-/m0/s1. The molecule has 0 aliphatic carbocycles. The number of likely N-dealkylation sites (tertiary alicyclic amines) is 1. The van der Waals surface area contributed by atoms with Gasteiger partial charge in [0.15, 0.2) is 0 Å². The van der Waals surface area contributed by atoms with Crippen molar-refractivity contribution in [2.75, 3.05) is 20.2 Å². The van der Waals surface area contributed by atoms with Crippen molar-refractivity contribution >= 4 is 33.7 Å². The van der Waals surface area contributed by atoms with E-state index in [0.29, 0.717) is 28.6 Å². The first-order chi connectivity index (χ1) is 10.9. The van der Waals surface area contributed by atoms with Crippen LogP contribution in [0.5, 0.6) is 0 Å². The third-order valence-corrected chi connectivity index (χ3v) is 4.08. The lowest BCUT2D eigenvalue weighted by Crippen LogP contribution is -2.42. The molecule has 0 saturated carbocycles. The summed E-state index contributed by atoms with van der Waals surface area (Å²) in [7, 11) is 1.29. The van der Waals surface area contributed by atoms with Gasteiger partial charge < -0.3 is 15.0 Å². The molecule has 1 saturated heterocycles. The molecular weight excluding hydrogens is 364 g/mol. The molecule has 2 rings (SSSR count). The molecule has 1 aromatic carbocycles. The van der Waals surface area contributed by atoms with Crippen molar-refractivity contribution in [1.82, 2.24) is 10.2 Å². The van der Waals surface area contributed by atoms with Gasteiger partial charge in [-0.05, 0) is 31.5 Å². The predicted octanol–water partition coefficient (Wildman–Crippen LogP) is 1.98. The molecule has 0 bridgehead atoms. The fourth-order valence-electron chi connectivity index (χ4n) is 2.54. The summed E-state index contributed by atoms with van der Waals surface area (Å²) in [6.07, 6.45) is 1.45. The van der Waals surface area contributed by atoms with Crippen LogP contribution in [0.1, 0.15) is 40.5 Å². The molecule has 0 radical (unpaired) electrons. The van der Waals surface area contributed by atoms with Gasteiger partial charge in [0, 0.05) is 35.6 Å². The number of esters is 1. The van der Waals surface area contributed by atoms with Crippen LogP contribution >= 0.6 is 15.9 Å². The molecule has 1 aliphatic rings. The van der Waals surface area contributed by atoms with Gasteiger partial charge in [-0.15, -0.1) is 0 Å². The number of rotatable bonds is 5. The van der Waals surface area contributed by atoms with E-state index in [9.17, 15) is 14.4 Å². The molecule has 1 aliphatic heterocycles. The Bertz CT molecular complexity index is 633. The Hall–Kier alpha value is -1.89. The molecular formula is C16H19BrN2O4. The molecule has 2 amide bonds. The summed E-state index contributed by atoms with van der Waals surface area (Å²) in [6.45, 7) is 3.08. The maximum Gasteiger partial charge on any atom is 0.337 e. The number of nitrogens with one attached hydrogen (secondary N) is 1. The van der Waals surface area contributed by atoms with E-state index in [1.807, 2.05) is 6.92 Å². The monoisotopic (exact) mass is 382 g/mol. The molecule has 124 valence electrons. The minimum Gasteiger partial charge on any atom is -0.465 e. The Morgan fingerprint density at radius 2 is 2.04 bits per heavy atom. The third kappa shape index (κ3) is 4.54. The highest BCUT2D eigenvalue weighted by atomic mass is 79.9. The van der Waals surface area contributed by atoms with Gasteiger partial charge in [0.2, 0.25) is 5.91 Å². The first kappa shape index (κ1) is 17.5. The van der Waals surface area contributed by atoms with Crippen LogP contribution in [-0.2, 0) is 9.53 Å². The second kappa shape index (κ2) is 7.59. The van der Waals surface area contributed by atoms with Crippen molar-refractivity contribution < 1.29 is 19.1 Å². The van der Waals surface area contributed by atoms with Crippen molar-refractivity contribution in [3.8, 4) is 0 Å². The smallest absolute Gasteiger partial charge is 0.337 e. The Balaban J connectivity index is 2.03. The molecule has 1 N–H and O–H groups in total. The number of hydrogen-bond donors (Lipinski definition) is 1. The third-order valence-electron chi connectivity index (χ3n) is 3.62. The number of halogens is 1. The molecule has 7 heteroatoms. The second-order valence-corrected chi connectivity index (χ2v) is 6.45. The first-order valence-electron chi connectivity index (χ1n) is 7.38. The van der Waals surface area contributed by atoms with E-state index in [2.05, 4.69) is 26.0 Å². The predicted molar refractivity (Wildman–Crippen MR) is 88.2 cm³/mol. The fourth-order valence-corrected chi connectivity index (χ4v) is 3.03. The highest BCUT2D eigenvalue weighted by Crippen LogP contribution is 2.17. The Kier molecular flexibility index (Phi) is 5.76. The first-order valence-corrected chi connectivity index (χ1v) is 8.17. The molecule has 0 spiro atoms. The molecule has 1 aromatic rings. The lowest BCUT2D eigenvalue weighted by molar-refractivity contribution is -0.127. The summed E-state index contributed by atoms with van der Waals surface area (Å²) in [5.74, 6) is -0.673. The SMILES string of the molecule is COC(=O)c1cc(Br)cc(C(=O)N[C@@H](C)CN2CCCC2=O)c1. The van der Waals surface area contributed by atoms with E-state index in [-0.39, 0.29) is 17.9 Å². The molecule has 0 aromatic heterocycles. The largest absolute Gasteiger partial charge is 0.465 e. The summed E-state index contributed by atoms with van der Waals surface area (Å²) >= 11 is 3.28. The number of methoxy groups -OCH3 is 1. The fraction of sp³-hybridized carbons (Fsp3) is 0.438.